The van der Waals surface area contributed by atoms with E-state index in [1.807, 2.05) is 11.8 Å². The summed E-state index contributed by atoms with van der Waals surface area (Å²) in [5.74, 6) is -3.75. The molecule has 13 heteroatoms. The van der Waals surface area contributed by atoms with Crippen LogP contribution in [0.2, 0.25) is 0 Å². The molecule has 0 saturated heterocycles. The second-order valence-corrected chi connectivity index (χ2v) is 14.7. The Bertz CT molecular complexity index is 941. The summed E-state index contributed by atoms with van der Waals surface area (Å²) in [6.07, 6.45) is 0. The van der Waals surface area contributed by atoms with Gasteiger partial charge in [-0.1, -0.05) is 6.92 Å². The minimum Gasteiger partial charge on any atom is -0.480 e. The number of esters is 4. The van der Waals surface area contributed by atoms with Crippen molar-refractivity contribution in [1.29, 1.82) is 0 Å². The van der Waals surface area contributed by atoms with Crippen LogP contribution in [0.15, 0.2) is 0 Å². The summed E-state index contributed by atoms with van der Waals surface area (Å²) in [5, 5.41) is 10.3. The molecule has 0 aromatic rings. The number of nitrogens with zero attached hydrogens (tertiary/aromatic N) is 3. The van der Waals surface area contributed by atoms with Crippen LogP contribution in [0.1, 0.15) is 90.0 Å². The fourth-order valence-electron chi connectivity index (χ4n) is 3.93. The number of rotatable bonds is 16. The lowest BCUT2D eigenvalue weighted by atomic mass is 10.2. The molecule has 1 atom stereocenters. The largest absolute Gasteiger partial charge is 0.480 e. The number of ether oxygens (including phenoxy) is 4. The van der Waals surface area contributed by atoms with E-state index in [0.717, 1.165) is 0 Å². The minimum atomic E-state index is -1.40. The summed E-state index contributed by atoms with van der Waals surface area (Å²) in [7, 11) is 0. The third kappa shape index (κ3) is 21.0. The Hall–Kier alpha value is -2.77. The van der Waals surface area contributed by atoms with Gasteiger partial charge in [0.2, 0.25) is 0 Å². The van der Waals surface area contributed by atoms with E-state index in [1.54, 1.807) is 88.0 Å². The standard InChI is InChI=1S/C31H57N3O10/c1-14-32(18-23(35)41-28(2,3)4)15-16-33(19-24(36)42-29(5,6)7)17-22(27(39)40)34(20-25(37)43-30(8,9)10)21-26(38)44-31(11,12)13/h22H,14-21H2,1-13H3,(H,39,40)/t22-/m1/s1. The van der Waals surface area contributed by atoms with Crippen molar-refractivity contribution < 1.29 is 48.0 Å². The molecule has 0 aromatic heterocycles. The molecule has 0 aliphatic carbocycles. The zero-order valence-corrected chi connectivity index (χ0v) is 29.2. The van der Waals surface area contributed by atoms with Crippen molar-refractivity contribution in [3.8, 4) is 0 Å². The maximum absolute atomic E-state index is 12.8. The Kier molecular flexibility index (Phi) is 16.0. The number of hydrogen-bond acceptors (Lipinski definition) is 12. The Morgan fingerprint density at radius 1 is 0.545 bits per heavy atom. The lowest BCUT2D eigenvalue weighted by Crippen LogP contribution is -2.54. The number of aliphatic carboxylic acids is 1. The third-order valence-corrected chi connectivity index (χ3v) is 5.39. The molecule has 0 spiro atoms. The molecule has 0 aromatic carbocycles. The van der Waals surface area contributed by atoms with E-state index < -0.39 is 71.4 Å². The molecule has 0 aliphatic heterocycles. The first-order chi connectivity index (χ1) is 19.7. The molecule has 0 aliphatic rings. The van der Waals surface area contributed by atoms with Gasteiger partial charge in [-0.25, -0.2) is 0 Å². The maximum Gasteiger partial charge on any atom is 0.322 e. The molecule has 0 radical (unpaired) electrons. The highest BCUT2D eigenvalue weighted by Crippen LogP contribution is 2.14. The minimum absolute atomic E-state index is 0.000179. The molecule has 13 nitrogen and oxygen atoms in total. The van der Waals surface area contributed by atoms with Crippen LogP contribution in [0.5, 0.6) is 0 Å². The van der Waals surface area contributed by atoms with Gasteiger partial charge in [0.15, 0.2) is 0 Å². The number of carboxylic acids is 1. The fraction of sp³-hybridized carbons (Fsp3) is 0.839. The van der Waals surface area contributed by atoms with E-state index in [-0.39, 0.29) is 26.2 Å². The van der Waals surface area contributed by atoms with Gasteiger partial charge in [-0.15, -0.1) is 0 Å². The van der Waals surface area contributed by atoms with Gasteiger partial charge >= 0.3 is 29.8 Å². The summed E-state index contributed by atoms with van der Waals surface area (Å²) in [5.41, 5.74) is -3.11. The second kappa shape index (κ2) is 17.1. The van der Waals surface area contributed by atoms with Gasteiger partial charge in [-0.2, -0.15) is 0 Å². The summed E-state index contributed by atoms with van der Waals surface area (Å²) in [6.45, 7) is 21.9. The van der Waals surface area contributed by atoms with Crippen molar-refractivity contribution in [2.45, 2.75) is 118 Å². The molecular weight excluding hydrogens is 574 g/mol. The predicted molar refractivity (Wildman–Crippen MR) is 165 cm³/mol. The highest BCUT2D eigenvalue weighted by Gasteiger charge is 2.34. The fourth-order valence-corrected chi connectivity index (χ4v) is 3.93. The highest BCUT2D eigenvalue weighted by atomic mass is 16.6. The first-order valence-corrected chi connectivity index (χ1v) is 15.0. The smallest absolute Gasteiger partial charge is 0.322 e. The third-order valence-electron chi connectivity index (χ3n) is 5.39. The highest BCUT2D eigenvalue weighted by molar-refractivity contribution is 5.80. The van der Waals surface area contributed by atoms with Crippen molar-refractivity contribution in [3.63, 3.8) is 0 Å². The average molecular weight is 632 g/mol. The van der Waals surface area contributed by atoms with Crippen LogP contribution in [0, 0.1) is 0 Å². The van der Waals surface area contributed by atoms with E-state index in [2.05, 4.69) is 0 Å². The van der Waals surface area contributed by atoms with Crippen LogP contribution < -0.4 is 0 Å². The van der Waals surface area contributed by atoms with E-state index >= 15 is 0 Å². The maximum atomic E-state index is 12.8. The molecule has 0 heterocycles. The summed E-state index contributed by atoms with van der Waals surface area (Å²) in [4.78, 5) is 68.1. The van der Waals surface area contributed by atoms with Gasteiger partial charge in [0, 0.05) is 19.6 Å². The molecule has 1 N–H and O–H groups in total. The predicted octanol–water partition coefficient (Wildman–Crippen LogP) is 2.73. The Labute approximate surface area is 263 Å². The molecule has 0 bridgehead atoms. The molecule has 256 valence electrons. The topological polar surface area (TPSA) is 152 Å². The van der Waals surface area contributed by atoms with Gasteiger partial charge in [-0.3, -0.25) is 38.7 Å². The normalized spacial score (nSPS) is 13.5. The molecule has 0 fully saturated rings. The Morgan fingerprint density at radius 3 is 1.14 bits per heavy atom. The van der Waals surface area contributed by atoms with Gasteiger partial charge in [-0.05, 0) is 89.6 Å². The van der Waals surface area contributed by atoms with E-state index in [0.29, 0.717) is 13.1 Å². The first-order valence-electron chi connectivity index (χ1n) is 15.0. The van der Waals surface area contributed by atoms with Crippen LogP contribution in [0.25, 0.3) is 0 Å². The van der Waals surface area contributed by atoms with E-state index in [9.17, 15) is 29.1 Å². The molecular formula is C31H57N3O10. The number of likely N-dealkylation sites (N-methyl/N-ethyl adjacent to an activating group) is 1. The zero-order valence-electron chi connectivity index (χ0n) is 29.2. The number of carbonyl (C=O) groups excluding carboxylic acids is 4. The van der Waals surface area contributed by atoms with Crippen molar-refractivity contribution >= 4 is 29.8 Å². The number of carboxylic acid groups (broad SMARTS) is 1. The summed E-state index contributed by atoms with van der Waals surface area (Å²) in [6, 6.07) is -1.40. The van der Waals surface area contributed by atoms with Crippen LogP contribution in [-0.2, 0) is 42.9 Å². The van der Waals surface area contributed by atoms with Crippen molar-refractivity contribution in [2.75, 3.05) is 52.4 Å². The van der Waals surface area contributed by atoms with Gasteiger partial charge < -0.3 is 24.1 Å². The van der Waals surface area contributed by atoms with Crippen molar-refractivity contribution in [3.05, 3.63) is 0 Å². The molecule has 0 saturated carbocycles. The lowest BCUT2D eigenvalue weighted by molar-refractivity contribution is -0.165. The molecule has 0 amide bonds. The van der Waals surface area contributed by atoms with Crippen LogP contribution in [0.4, 0.5) is 0 Å². The summed E-state index contributed by atoms with van der Waals surface area (Å²) >= 11 is 0. The number of hydrogen-bond donors (Lipinski definition) is 1. The van der Waals surface area contributed by atoms with E-state index in [1.165, 1.54) is 4.90 Å². The second-order valence-electron chi connectivity index (χ2n) is 14.7. The van der Waals surface area contributed by atoms with Gasteiger partial charge in [0.05, 0.1) is 26.2 Å². The first kappa shape index (κ1) is 41.2. The van der Waals surface area contributed by atoms with Crippen LogP contribution >= 0.6 is 0 Å². The summed E-state index contributed by atoms with van der Waals surface area (Å²) < 4.78 is 21.7. The van der Waals surface area contributed by atoms with Crippen LogP contribution in [-0.4, -0.2) is 130 Å². The van der Waals surface area contributed by atoms with Gasteiger partial charge in [0.25, 0.3) is 0 Å². The molecule has 44 heavy (non-hydrogen) atoms. The lowest BCUT2D eigenvalue weighted by Gasteiger charge is -2.34. The van der Waals surface area contributed by atoms with E-state index in [4.69, 9.17) is 18.9 Å². The van der Waals surface area contributed by atoms with Crippen molar-refractivity contribution in [1.82, 2.24) is 14.7 Å². The Morgan fingerprint density at radius 2 is 0.841 bits per heavy atom. The SMILES string of the molecule is CCN(CCN(CC(=O)OC(C)(C)C)C[C@H](C(=O)O)N(CC(=O)OC(C)(C)C)CC(=O)OC(C)(C)C)CC(=O)OC(C)(C)C. The molecule has 0 unspecified atom stereocenters. The zero-order chi connectivity index (χ0) is 34.7. The quantitative estimate of drug-likeness (QED) is 0.196. The van der Waals surface area contributed by atoms with Crippen molar-refractivity contribution in [2.24, 2.45) is 0 Å². The number of carbonyl (C=O) groups is 5. The van der Waals surface area contributed by atoms with Crippen LogP contribution in [0.3, 0.4) is 0 Å². The average Bonchev–Trinajstić information content (AvgIpc) is 2.73. The monoisotopic (exact) mass is 631 g/mol. The molecule has 0 rings (SSSR count). The Balaban J connectivity index is 6.22. The van der Waals surface area contributed by atoms with Gasteiger partial charge in [0.1, 0.15) is 28.4 Å².